The predicted molar refractivity (Wildman–Crippen MR) is 129 cm³/mol. The lowest BCUT2D eigenvalue weighted by atomic mass is 10.0. The zero-order valence-corrected chi connectivity index (χ0v) is 19.8. The van der Waals surface area contributed by atoms with Crippen molar-refractivity contribution in [1.29, 1.82) is 0 Å². The lowest BCUT2D eigenvalue weighted by Crippen LogP contribution is -2.42. The van der Waals surface area contributed by atoms with Crippen molar-refractivity contribution in [2.45, 2.75) is 45.1 Å². The van der Waals surface area contributed by atoms with E-state index in [1.807, 2.05) is 64.1 Å². The number of carbonyl (C=O) groups is 1. The zero-order valence-electron chi connectivity index (χ0n) is 19.0. The summed E-state index contributed by atoms with van der Waals surface area (Å²) < 4.78 is 28.3. The van der Waals surface area contributed by atoms with Gasteiger partial charge in [-0.05, 0) is 62.1 Å². The van der Waals surface area contributed by atoms with E-state index in [2.05, 4.69) is 5.32 Å². The molecule has 1 atom stereocenters. The highest BCUT2D eigenvalue weighted by molar-refractivity contribution is 7.92. The first-order valence-electron chi connectivity index (χ1n) is 10.7. The molecular formula is C26H30N2O3S. The van der Waals surface area contributed by atoms with Crippen molar-refractivity contribution in [3.8, 4) is 0 Å². The number of aryl methyl sites for hydroxylation is 3. The highest BCUT2D eigenvalue weighted by Gasteiger charge is 2.29. The van der Waals surface area contributed by atoms with Gasteiger partial charge in [-0.25, -0.2) is 8.42 Å². The number of benzene rings is 3. The van der Waals surface area contributed by atoms with Gasteiger partial charge >= 0.3 is 0 Å². The van der Waals surface area contributed by atoms with E-state index in [4.69, 9.17) is 0 Å². The standard InChI is InChI=1S/C26H30N2O3S/c1-5-24(22-15-12-19(2)13-16-22)27-26(29)18-28(25-17-20(3)11-14-21(25)4)32(30,31)23-9-7-6-8-10-23/h6-17,24H,5,18H2,1-4H3,(H,27,29)/t24-/m1/s1. The molecule has 0 aliphatic heterocycles. The van der Waals surface area contributed by atoms with Crippen LogP contribution in [0.15, 0.2) is 77.7 Å². The Hall–Kier alpha value is -3.12. The molecule has 5 nitrogen and oxygen atoms in total. The van der Waals surface area contributed by atoms with E-state index in [0.29, 0.717) is 12.1 Å². The molecule has 0 fully saturated rings. The number of carbonyl (C=O) groups excluding carboxylic acids is 1. The third-order valence-corrected chi connectivity index (χ3v) is 7.25. The second-order valence-corrected chi connectivity index (χ2v) is 9.92. The van der Waals surface area contributed by atoms with E-state index < -0.39 is 10.0 Å². The van der Waals surface area contributed by atoms with E-state index in [-0.39, 0.29) is 23.4 Å². The van der Waals surface area contributed by atoms with Crippen LogP contribution in [0.1, 0.15) is 41.6 Å². The van der Waals surface area contributed by atoms with Gasteiger partial charge in [0.25, 0.3) is 10.0 Å². The van der Waals surface area contributed by atoms with E-state index in [9.17, 15) is 13.2 Å². The molecule has 1 amide bonds. The molecule has 6 heteroatoms. The number of hydrogen-bond donors (Lipinski definition) is 1. The maximum atomic E-state index is 13.5. The Morgan fingerprint density at radius 1 is 0.906 bits per heavy atom. The Kier molecular flexibility index (Phi) is 7.36. The second kappa shape index (κ2) is 10.0. The number of anilines is 1. The first-order chi connectivity index (χ1) is 15.2. The second-order valence-electron chi connectivity index (χ2n) is 8.05. The van der Waals surface area contributed by atoms with Gasteiger partial charge in [0.1, 0.15) is 6.54 Å². The summed E-state index contributed by atoms with van der Waals surface area (Å²) in [7, 11) is -3.93. The molecule has 0 unspecified atom stereocenters. The largest absolute Gasteiger partial charge is 0.348 e. The van der Waals surface area contributed by atoms with Crippen molar-refractivity contribution in [2.24, 2.45) is 0 Å². The van der Waals surface area contributed by atoms with Crippen LogP contribution in [0.2, 0.25) is 0 Å². The molecule has 0 spiro atoms. The molecular weight excluding hydrogens is 420 g/mol. The average molecular weight is 451 g/mol. The molecule has 0 aliphatic carbocycles. The van der Waals surface area contributed by atoms with Gasteiger partial charge < -0.3 is 5.32 Å². The van der Waals surface area contributed by atoms with Crippen LogP contribution in [0.4, 0.5) is 5.69 Å². The lowest BCUT2D eigenvalue weighted by Gasteiger charge is -2.27. The van der Waals surface area contributed by atoms with Gasteiger partial charge in [-0.2, -0.15) is 0 Å². The van der Waals surface area contributed by atoms with Gasteiger partial charge in [-0.3, -0.25) is 9.10 Å². The highest BCUT2D eigenvalue weighted by Crippen LogP contribution is 2.28. The van der Waals surface area contributed by atoms with Crippen LogP contribution in [0.5, 0.6) is 0 Å². The molecule has 168 valence electrons. The average Bonchev–Trinajstić information content (AvgIpc) is 2.79. The molecule has 32 heavy (non-hydrogen) atoms. The van der Waals surface area contributed by atoms with Crippen LogP contribution in [0.3, 0.4) is 0 Å². The third kappa shape index (κ3) is 5.37. The SMILES string of the molecule is CC[C@@H](NC(=O)CN(c1cc(C)ccc1C)S(=O)(=O)c1ccccc1)c1ccc(C)cc1. The van der Waals surface area contributed by atoms with Crippen molar-refractivity contribution in [3.63, 3.8) is 0 Å². The van der Waals surface area contributed by atoms with Crippen LogP contribution in [0.25, 0.3) is 0 Å². The van der Waals surface area contributed by atoms with Crippen molar-refractivity contribution in [1.82, 2.24) is 5.32 Å². The zero-order chi connectivity index (χ0) is 23.3. The number of nitrogens with one attached hydrogen (secondary N) is 1. The predicted octanol–water partition coefficient (Wildman–Crippen LogP) is 5.07. The first-order valence-corrected chi connectivity index (χ1v) is 12.2. The van der Waals surface area contributed by atoms with Gasteiger partial charge in [0, 0.05) is 0 Å². The van der Waals surface area contributed by atoms with Gasteiger partial charge in [0.15, 0.2) is 0 Å². The topological polar surface area (TPSA) is 66.5 Å². The number of rotatable bonds is 8. The number of hydrogen-bond acceptors (Lipinski definition) is 3. The Morgan fingerprint density at radius 2 is 1.53 bits per heavy atom. The van der Waals surface area contributed by atoms with Crippen molar-refractivity contribution in [3.05, 3.63) is 95.1 Å². The number of amides is 1. The minimum atomic E-state index is -3.93. The van der Waals surface area contributed by atoms with Gasteiger partial charge in [-0.1, -0.05) is 67.1 Å². The van der Waals surface area contributed by atoms with Crippen LogP contribution in [-0.4, -0.2) is 20.9 Å². The Labute approximate surface area is 191 Å². The Balaban J connectivity index is 1.94. The molecule has 0 saturated heterocycles. The smallest absolute Gasteiger partial charge is 0.264 e. The molecule has 1 N–H and O–H groups in total. The maximum Gasteiger partial charge on any atom is 0.264 e. The van der Waals surface area contributed by atoms with Crippen LogP contribution in [0, 0.1) is 20.8 Å². The normalized spacial score (nSPS) is 12.2. The molecule has 3 rings (SSSR count). The summed E-state index contributed by atoms with van der Waals surface area (Å²) in [6.07, 6.45) is 0.698. The van der Waals surface area contributed by atoms with Gasteiger partial charge in [0.05, 0.1) is 16.6 Å². The molecule has 0 heterocycles. The van der Waals surface area contributed by atoms with Crippen LogP contribution >= 0.6 is 0 Å². The lowest BCUT2D eigenvalue weighted by molar-refractivity contribution is -0.120. The first kappa shape index (κ1) is 23.5. The number of nitrogens with zero attached hydrogens (tertiary/aromatic N) is 1. The number of sulfonamides is 1. The molecule has 0 saturated carbocycles. The van der Waals surface area contributed by atoms with Crippen LogP contribution in [-0.2, 0) is 14.8 Å². The van der Waals surface area contributed by atoms with E-state index in [0.717, 1.165) is 22.3 Å². The summed E-state index contributed by atoms with van der Waals surface area (Å²) in [6.45, 7) is 7.46. The minimum Gasteiger partial charge on any atom is -0.348 e. The fraction of sp³-hybridized carbons (Fsp3) is 0.269. The molecule has 3 aromatic rings. The molecule has 0 bridgehead atoms. The summed E-state index contributed by atoms with van der Waals surface area (Å²) in [5.74, 6) is -0.349. The summed E-state index contributed by atoms with van der Waals surface area (Å²) in [6, 6.07) is 21.6. The van der Waals surface area contributed by atoms with Crippen LogP contribution < -0.4 is 9.62 Å². The molecule has 0 radical (unpaired) electrons. The highest BCUT2D eigenvalue weighted by atomic mass is 32.2. The molecule has 3 aromatic carbocycles. The summed E-state index contributed by atoms with van der Waals surface area (Å²) in [4.78, 5) is 13.2. The maximum absolute atomic E-state index is 13.5. The fourth-order valence-corrected chi connectivity index (χ4v) is 5.10. The van der Waals surface area contributed by atoms with E-state index >= 15 is 0 Å². The summed E-state index contributed by atoms with van der Waals surface area (Å²) in [5.41, 5.74) is 4.35. The van der Waals surface area contributed by atoms with E-state index in [1.165, 1.54) is 4.31 Å². The molecule has 0 aromatic heterocycles. The quantitative estimate of drug-likeness (QED) is 0.521. The fourth-order valence-electron chi connectivity index (χ4n) is 3.60. The molecule has 0 aliphatic rings. The monoisotopic (exact) mass is 450 g/mol. The Bertz CT molecular complexity index is 1170. The Morgan fingerprint density at radius 3 is 2.16 bits per heavy atom. The summed E-state index contributed by atoms with van der Waals surface area (Å²) in [5, 5.41) is 3.02. The minimum absolute atomic E-state index is 0.152. The van der Waals surface area contributed by atoms with E-state index in [1.54, 1.807) is 36.4 Å². The van der Waals surface area contributed by atoms with Crippen molar-refractivity contribution < 1.29 is 13.2 Å². The third-order valence-electron chi connectivity index (χ3n) is 5.47. The van der Waals surface area contributed by atoms with Crippen molar-refractivity contribution in [2.75, 3.05) is 10.8 Å². The van der Waals surface area contributed by atoms with Gasteiger partial charge in [-0.15, -0.1) is 0 Å². The summed E-state index contributed by atoms with van der Waals surface area (Å²) >= 11 is 0. The van der Waals surface area contributed by atoms with Gasteiger partial charge in [0.2, 0.25) is 5.91 Å². The van der Waals surface area contributed by atoms with Crippen molar-refractivity contribution >= 4 is 21.6 Å².